The van der Waals surface area contributed by atoms with E-state index in [1.807, 2.05) is 18.2 Å². The maximum absolute atomic E-state index is 5.79. The molecule has 0 spiro atoms. The molecular formula is C17H20N2S. The van der Waals surface area contributed by atoms with E-state index in [-0.39, 0.29) is 0 Å². The van der Waals surface area contributed by atoms with Gasteiger partial charge in [0.15, 0.2) is 0 Å². The van der Waals surface area contributed by atoms with E-state index in [1.54, 1.807) is 0 Å². The van der Waals surface area contributed by atoms with Gasteiger partial charge in [-0.1, -0.05) is 67.7 Å². The molecule has 0 atom stereocenters. The average Bonchev–Trinajstić information content (AvgIpc) is 2.48. The third-order valence-corrected chi connectivity index (χ3v) is 3.67. The molecule has 2 aromatic rings. The standard InChI is InChI=1S/C17H20N2S/c1-3-19(2)12-13-8-10-14(11-9-13)15-6-4-5-7-16(15)17(18)20/h4-11H,3,12H2,1-2H3,(H2,18,20). The Balaban J connectivity index is 2.29. The van der Waals surface area contributed by atoms with Gasteiger partial charge in [0.25, 0.3) is 0 Å². The van der Waals surface area contributed by atoms with Crippen LogP contribution in [0.2, 0.25) is 0 Å². The second-order valence-corrected chi connectivity index (χ2v) is 5.38. The van der Waals surface area contributed by atoms with Crippen LogP contribution in [0, 0.1) is 0 Å². The van der Waals surface area contributed by atoms with E-state index in [0.29, 0.717) is 4.99 Å². The molecule has 0 aliphatic carbocycles. The van der Waals surface area contributed by atoms with Crippen molar-refractivity contribution < 1.29 is 0 Å². The largest absolute Gasteiger partial charge is 0.389 e. The fraction of sp³-hybridized carbons (Fsp3) is 0.235. The second-order valence-electron chi connectivity index (χ2n) is 4.94. The molecule has 104 valence electrons. The molecule has 2 aromatic carbocycles. The van der Waals surface area contributed by atoms with Crippen LogP contribution in [0.25, 0.3) is 11.1 Å². The fourth-order valence-electron chi connectivity index (χ4n) is 2.16. The van der Waals surface area contributed by atoms with Crippen molar-refractivity contribution in [1.29, 1.82) is 0 Å². The van der Waals surface area contributed by atoms with Crippen molar-refractivity contribution in [3.63, 3.8) is 0 Å². The lowest BCUT2D eigenvalue weighted by atomic mass is 9.98. The first-order valence-electron chi connectivity index (χ1n) is 6.78. The summed E-state index contributed by atoms with van der Waals surface area (Å²) >= 11 is 5.12. The Hall–Kier alpha value is -1.71. The summed E-state index contributed by atoms with van der Waals surface area (Å²) in [5.41, 5.74) is 10.3. The minimum atomic E-state index is 0.440. The van der Waals surface area contributed by atoms with Crippen molar-refractivity contribution in [2.45, 2.75) is 13.5 Å². The van der Waals surface area contributed by atoms with Crippen LogP contribution in [0.3, 0.4) is 0 Å². The number of thiocarbonyl (C=S) groups is 1. The Bertz CT molecular complexity index is 590. The van der Waals surface area contributed by atoms with E-state index in [2.05, 4.69) is 49.2 Å². The van der Waals surface area contributed by atoms with Crippen molar-refractivity contribution >= 4 is 17.2 Å². The second kappa shape index (κ2) is 6.64. The topological polar surface area (TPSA) is 29.3 Å². The minimum Gasteiger partial charge on any atom is -0.389 e. The summed E-state index contributed by atoms with van der Waals surface area (Å²) in [6.07, 6.45) is 0. The first-order chi connectivity index (χ1) is 9.61. The number of nitrogens with zero attached hydrogens (tertiary/aromatic N) is 1. The fourth-order valence-corrected chi connectivity index (χ4v) is 2.34. The lowest BCUT2D eigenvalue weighted by Gasteiger charge is -2.14. The molecule has 0 fully saturated rings. The van der Waals surface area contributed by atoms with E-state index in [9.17, 15) is 0 Å². The number of hydrogen-bond donors (Lipinski definition) is 1. The number of hydrogen-bond acceptors (Lipinski definition) is 2. The van der Waals surface area contributed by atoms with Crippen LogP contribution in [-0.4, -0.2) is 23.5 Å². The van der Waals surface area contributed by atoms with E-state index in [0.717, 1.165) is 29.8 Å². The summed E-state index contributed by atoms with van der Waals surface area (Å²) in [5, 5.41) is 0. The molecule has 0 radical (unpaired) electrons. The molecule has 2 N–H and O–H groups in total. The zero-order chi connectivity index (χ0) is 14.5. The van der Waals surface area contributed by atoms with Crippen LogP contribution in [-0.2, 0) is 6.54 Å². The average molecular weight is 284 g/mol. The maximum Gasteiger partial charge on any atom is 0.104 e. The molecule has 20 heavy (non-hydrogen) atoms. The van der Waals surface area contributed by atoms with Gasteiger partial charge >= 0.3 is 0 Å². The molecule has 0 heterocycles. The van der Waals surface area contributed by atoms with Gasteiger partial charge in [-0.05, 0) is 30.3 Å². The highest BCUT2D eigenvalue weighted by molar-refractivity contribution is 7.80. The summed E-state index contributed by atoms with van der Waals surface area (Å²) in [4.78, 5) is 2.72. The molecule has 0 saturated carbocycles. The van der Waals surface area contributed by atoms with Gasteiger partial charge in [-0.3, -0.25) is 0 Å². The van der Waals surface area contributed by atoms with Gasteiger partial charge in [-0.2, -0.15) is 0 Å². The van der Waals surface area contributed by atoms with Gasteiger partial charge in [0.2, 0.25) is 0 Å². The summed E-state index contributed by atoms with van der Waals surface area (Å²) in [5.74, 6) is 0. The predicted octanol–water partition coefficient (Wildman–Crippen LogP) is 3.44. The Kier molecular flexibility index (Phi) is 4.88. The molecule has 0 aliphatic heterocycles. The van der Waals surface area contributed by atoms with E-state index in [4.69, 9.17) is 18.0 Å². The SMILES string of the molecule is CCN(C)Cc1ccc(-c2ccccc2C(N)=S)cc1. The quantitative estimate of drug-likeness (QED) is 0.853. The van der Waals surface area contributed by atoms with Gasteiger partial charge in [-0.15, -0.1) is 0 Å². The van der Waals surface area contributed by atoms with Gasteiger partial charge in [0.05, 0.1) is 0 Å². The normalized spacial score (nSPS) is 10.8. The first kappa shape index (κ1) is 14.7. The van der Waals surface area contributed by atoms with Crippen molar-refractivity contribution in [3.8, 4) is 11.1 Å². The third kappa shape index (κ3) is 3.44. The third-order valence-electron chi connectivity index (χ3n) is 3.45. The molecule has 0 unspecified atom stereocenters. The van der Waals surface area contributed by atoms with Crippen molar-refractivity contribution in [2.24, 2.45) is 5.73 Å². The summed E-state index contributed by atoms with van der Waals surface area (Å²) in [6.45, 7) is 4.17. The Labute approximate surface area is 126 Å². The lowest BCUT2D eigenvalue weighted by molar-refractivity contribution is 0.346. The Morgan fingerprint density at radius 2 is 1.75 bits per heavy atom. The van der Waals surface area contributed by atoms with Crippen LogP contribution in [0.5, 0.6) is 0 Å². The summed E-state index contributed by atoms with van der Waals surface area (Å²) in [7, 11) is 2.12. The van der Waals surface area contributed by atoms with Crippen molar-refractivity contribution in [3.05, 3.63) is 59.7 Å². The van der Waals surface area contributed by atoms with E-state index >= 15 is 0 Å². The molecule has 0 bridgehead atoms. The van der Waals surface area contributed by atoms with Crippen LogP contribution < -0.4 is 5.73 Å². The molecular weight excluding hydrogens is 264 g/mol. The van der Waals surface area contributed by atoms with Gasteiger partial charge in [0, 0.05) is 12.1 Å². The molecule has 0 aliphatic rings. The lowest BCUT2D eigenvalue weighted by Crippen LogP contribution is -2.16. The Morgan fingerprint density at radius 3 is 2.35 bits per heavy atom. The van der Waals surface area contributed by atoms with Gasteiger partial charge in [0.1, 0.15) is 4.99 Å². The van der Waals surface area contributed by atoms with E-state index < -0.39 is 0 Å². The Morgan fingerprint density at radius 1 is 1.10 bits per heavy atom. The zero-order valence-electron chi connectivity index (χ0n) is 12.0. The highest BCUT2D eigenvalue weighted by Gasteiger charge is 2.06. The predicted molar refractivity (Wildman–Crippen MR) is 89.8 cm³/mol. The highest BCUT2D eigenvalue weighted by atomic mass is 32.1. The zero-order valence-corrected chi connectivity index (χ0v) is 12.8. The summed E-state index contributed by atoms with van der Waals surface area (Å²) < 4.78 is 0. The molecule has 2 rings (SSSR count). The van der Waals surface area contributed by atoms with Crippen LogP contribution in [0.1, 0.15) is 18.1 Å². The van der Waals surface area contributed by atoms with Gasteiger partial charge < -0.3 is 10.6 Å². The van der Waals surface area contributed by atoms with Crippen LogP contribution >= 0.6 is 12.2 Å². The minimum absolute atomic E-state index is 0.440. The maximum atomic E-state index is 5.79. The van der Waals surface area contributed by atoms with Crippen LogP contribution in [0.4, 0.5) is 0 Å². The number of rotatable bonds is 5. The number of benzene rings is 2. The van der Waals surface area contributed by atoms with Gasteiger partial charge in [-0.25, -0.2) is 0 Å². The number of nitrogens with two attached hydrogens (primary N) is 1. The molecule has 0 aromatic heterocycles. The van der Waals surface area contributed by atoms with E-state index in [1.165, 1.54) is 5.56 Å². The molecule has 0 amide bonds. The molecule has 3 heteroatoms. The monoisotopic (exact) mass is 284 g/mol. The van der Waals surface area contributed by atoms with Crippen molar-refractivity contribution in [2.75, 3.05) is 13.6 Å². The molecule has 0 saturated heterocycles. The molecule has 2 nitrogen and oxygen atoms in total. The first-order valence-corrected chi connectivity index (χ1v) is 7.19. The van der Waals surface area contributed by atoms with Crippen LogP contribution in [0.15, 0.2) is 48.5 Å². The summed E-state index contributed by atoms with van der Waals surface area (Å²) in [6, 6.07) is 16.6. The highest BCUT2D eigenvalue weighted by Crippen LogP contribution is 2.24. The smallest absolute Gasteiger partial charge is 0.104 e. The van der Waals surface area contributed by atoms with Crippen molar-refractivity contribution in [1.82, 2.24) is 4.90 Å².